The Morgan fingerprint density at radius 2 is 0.969 bits per heavy atom. The van der Waals surface area contributed by atoms with E-state index in [2.05, 4.69) is 114 Å². The smallest absolute Gasteiger partial charge is 0.407 e. The van der Waals surface area contributed by atoms with Gasteiger partial charge in [-0.25, -0.2) is 64.6 Å². The molecule has 8 aromatic heterocycles. The molecule has 4 aliphatic heterocycles. The van der Waals surface area contributed by atoms with Crippen LogP contribution in [0.15, 0.2) is 148 Å². The number of nitrogens with one attached hydrogen (secondary N) is 1. The first kappa shape index (κ1) is 110. The lowest BCUT2D eigenvalue weighted by molar-refractivity contribution is -0.142. The van der Waals surface area contributed by atoms with Crippen molar-refractivity contribution in [2.75, 3.05) is 61.9 Å². The van der Waals surface area contributed by atoms with Crippen molar-refractivity contribution in [1.29, 1.82) is 0 Å². The molecule has 0 bridgehead atoms. The number of aliphatic hydroxyl groups excluding tert-OH is 2. The van der Waals surface area contributed by atoms with Crippen LogP contribution < -0.4 is 32.0 Å². The average molecular weight is 2100 g/mol. The van der Waals surface area contributed by atoms with Crippen molar-refractivity contribution < 1.29 is 62.5 Å². The second-order valence-corrected chi connectivity index (χ2v) is 33.5. The number of carbonyl (C=O) groups is 3. The van der Waals surface area contributed by atoms with E-state index in [4.69, 9.17) is 223 Å². The highest BCUT2D eigenvalue weighted by Crippen LogP contribution is 2.31. The molecule has 4 aliphatic rings. The number of fused-ring (bicyclic) bond motifs is 2. The molecule has 0 aliphatic carbocycles. The van der Waals surface area contributed by atoms with E-state index in [0.717, 1.165) is 51.3 Å². The first-order valence-corrected chi connectivity index (χ1v) is 44.2. The van der Waals surface area contributed by atoms with Crippen LogP contribution in [0.1, 0.15) is 82.6 Å². The molecule has 1 aromatic carbocycles. The number of benzene rings is 1. The molecule has 1 amide bonds. The Bertz CT molecular complexity index is 5100. The van der Waals surface area contributed by atoms with E-state index in [1.807, 2.05) is 30.3 Å². The minimum absolute atomic E-state index is 0.00806. The zero-order valence-corrected chi connectivity index (χ0v) is 81.7. The molecule has 0 unspecified atom stereocenters. The van der Waals surface area contributed by atoms with Crippen LogP contribution in [0, 0.1) is 11.8 Å². The van der Waals surface area contributed by atoms with Crippen molar-refractivity contribution in [3.8, 4) is 11.5 Å². The molecule has 9 N–H and O–H groups in total. The second-order valence-electron chi connectivity index (χ2n) is 27.4. The van der Waals surface area contributed by atoms with Gasteiger partial charge in [0.2, 0.25) is 23.6 Å². The summed E-state index contributed by atoms with van der Waals surface area (Å²) in [5.74, 6) is 4.27. The van der Waals surface area contributed by atoms with Gasteiger partial charge in [0, 0.05) is 135 Å². The van der Waals surface area contributed by atoms with Gasteiger partial charge in [-0.3, -0.25) is 9.59 Å². The molecule has 44 heteroatoms. The van der Waals surface area contributed by atoms with Crippen LogP contribution in [0.3, 0.4) is 0 Å². The maximum Gasteiger partial charge on any atom is 0.407 e. The van der Waals surface area contributed by atoms with Crippen LogP contribution in [0.4, 0.5) is 4.79 Å². The fourth-order valence-corrected chi connectivity index (χ4v) is 14.1. The molecule has 686 valence electrons. The van der Waals surface area contributed by atoms with Crippen LogP contribution in [0.25, 0.3) is 0 Å². The fraction of sp³-hybridized carbons (Fsp3) is 0.361. The molecule has 0 fully saturated rings. The number of hydrogen-bond acceptors (Lipinski definition) is 28. The number of aliphatic imine (C=N–C) groups is 4. The van der Waals surface area contributed by atoms with E-state index in [1.165, 1.54) is 43.9 Å². The lowest BCUT2D eigenvalue weighted by Crippen LogP contribution is -2.42. The Balaban J connectivity index is 0.000000257. The summed E-state index contributed by atoms with van der Waals surface area (Å²) in [4.78, 5) is 82.0. The molecule has 127 heavy (non-hydrogen) atoms. The third-order valence-corrected chi connectivity index (χ3v) is 21.5. The van der Waals surface area contributed by atoms with Crippen molar-refractivity contribution in [1.82, 2.24) is 45.2 Å². The molecule has 12 heterocycles. The third kappa shape index (κ3) is 39.3. The van der Waals surface area contributed by atoms with E-state index >= 15 is 0 Å². The van der Waals surface area contributed by atoms with Gasteiger partial charge in [-0.05, 0) is 88.9 Å². The Kier molecular flexibility index (Phi) is 50.7. The minimum Gasteiger partial charge on any atom is -0.492 e. The number of halogens is 15. The first-order chi connectivity index (χ1) is 60.5. The van der Waals surface area contributed by atoms with Gasteiger partial charge in [0.25, 0.3) is 0 Å². The number of carbonyl (C=O) groups excluding carboxylic acids is 3. The van der Waals surface area contributed by atoms with Crippen molar-refractivity contribution in [3.63, 3.8) is 0 Å². The van der Waals surface area contributed by atoms with Crippen molar-refractivity contribution in [2.45, 2.75) is 121 Å². The second kappa shape index (κ2) is 58.4. The van der Waals surface area contributed by atoms with E-state index < -0.39 is 18.1 Å². The number of esters is 1. The summed E-state index contributed by atoms with van der Waals surface area (Å²) in [5.41, 5.74) is 23.9. The number of hydrogen-bond donors (Lipinski definition) is 6. The number of aliphatic hydroxyl groups is 2. The summed E-state index contributed by atoms with van der Waals surface area (Å²) in [5, 5.41) is 26.7. The van der Waals surface area contributed by atoms with Crippen molar-refractivity contribution in [3.05, 3.63) is 250 Å². The highest BCUT2D eigenvalue weighted by atomic mass is 79.9. The first-order valence-electron chi connectivity index (χ1n) is 37.8. The number of amides is 1. The summed E-state index contributed by atoms with van der Waals surface area (Å²) in [7, 11) is 7.72. The van der Waals surface area contributed by atoms with Gasteiger partial charge in [-0.1, -0.05) is 236 Å². The Morgan fingerprint density at radius 1 is 0.528 bits per heavy atom. The molecule has 7 atom stereocenters. The van der Waals surface area contributed by atoms with E-state index in [0.29, 0.717) is 163 Å². The maximum atomic E-state index is 11.8. The van der Waals surface area contributed by atoms with Crippen LogP contribution in [-0.4, -0.2) is 196 Å². The van der Waals surface area contributed by atoms with Gasteiger partial charge in [0.05, 0.1) is 70.4 Å². The van der Waals surface area contributed by atoms with Crippen LogP contribution >= 0.6 is 178 Å². The predicted octanol–water partition coefficient (Wildman–Crippen LogP) is 18.6. The number of nitrogens with zero attached hydrogens (tertiary/aromatic N) is 12. The van der Waals surface area contributed by atoms with Crippen LogP contribution in [0.2, 0.25) is 71.4 Å². The minimum atomic E-state index is -0.740. The van der Waals surface area contributed by atoms with E-state index in [1.54, 1.807) is 89.8 Å². The van der Waals surface area contributed by atoms with E-state index in [9.17, 15) is 14.4 Å². The number of aromatic nitrogens is 8. The van der Waals surface area contributed by atoms with Gasteiger partial charge >= 0.3 is 12.1 Å². The number of alkyl halides is 1. The largest absolute Gasteiger partial charge is 0.492 e. The lowest BCUT2D eigenvalue weighted by atomic mass is 10.0. The zero-order chi connectivity index (χ0) is 94.0. The van der Waals surface area contributed by atoms with Crippen molar-refractivity contribution >= 4 is 220 Å². The fourth-order valence-electron chi connectivity index (χ4n) is 10.6. The van der Waals surface area contributed by atoms with Gasteiger partial charge in [0.1, 0.15) is 103 Å². The molecular formula is C83H91BrCl14N16O13. The van der Waals surface area contributed by atoms with Gasteiger partial charge in [0.15, 0.2) is 6.29 Å². The molecular weight excluding hydrogens is 2010 g/mol. The third-order valence-electron chi connectivity index (χ3n) is 17.2. The number of aldehydes is 1. The number of pyridine rings is 8. The summed E-state index contributed by atoms with van der Waals surface area (Å²) >= 11 is 83.3. The quantitative estimate of drug-likeness (QED) is 0.0226. The Morgan fingerprint density at radius 3 is 1.42 bits per heavy atom. The molecule has 9 aromatic rings. The summed E-state index contributed by atoms with van der Waals surface area (Å²) in [6, 6.07) is 20.7. The number of rotatable bonds is 16. The SMILES string of the molecule is COC(=O)[C@H](N)Cc1cnc(Cl)cc1Cl.COC1=N[C@@H](C(C)C)C(OC)=NC1.COC1=N[C@H](Cc2cnc(Cl)cc2Cl)C(OC)=N[C@H]1C(C)C.Clc1cc(Cl)c(CBr)cn1.N[C@@H](CO)Cc1cnc(Cl)cc1Cl.N[C@H]1COc2cc(Cl)ncc2C1.O=C(N[C@H]1COc2cc(Cl)ncc2C1)OCc1ccccc1.O=Cc1cnc(Cl)cc1Cl.OCc1cnc(Cl)cc1Cl. The highest BCUT2D eigenvalue weighted by molar-refractivity contribution is 9.08. The monoisotopic (exact) mass is 2090 g/mol. The Labute approximate surface area is 813 Å². The standard InChI is InChI=1S/C16H15ClN2O3.C15H19Cl2N3O2.C9H10Cl2N2O2.C9H16N2O2.C8H10Cl2N2O.C8H9ClN2O.C6H4BrCl2N.C6H5Cl2NO.C6H3Cl2NO/c17-15-7-14-12(8-18-15)6-13(10-21-14)19-16(20)22-9-11-4-2-1-3-5-11;1-8(2)13-15(22-4)19-11(14(20-13)21-3)5-9-7-18-12(17)6-10(9)16;1-15-9(14)7(12)2-5-4-13-8(11)3-6(5)10;1-6(2)8-9(13-4)10-5-7(11-8)12-3;9-7-2-8(10)12-3-5(7)1-6(11)4-13;9-8-2-7-5(3-11-8)1-6(10)4-12-7;7-2-4-3-10-6(9)1-5(4)8;2*7-5-1-6(8)9-2-4(5)3-10/h1-5,7-8,13H,6,9-10H2,(H,19,20);6-8,11,13H,5H2,1-4H3;3-4,7H,2,12H2,1H3;6,8H,5H2,1-4H3;2-3,6,13H,1,4,11H2;2-3,6H,1,4,10H2;1,3H,2H2;1-2,10H,3H2;1-3H/t13-;11-,13+;7-;8-;2*6-;;;/m111011.../s1. The van der Waals surface area contributed by atoms with E-state index in [-0.39, 0.29) is 73.6 Å². The highest BCUT2D eigenvalue weighted by Gasteiger charge is 2.32. The summed E-state index contributed by atoms with van der Waals surface area (Å²) < 4.78 is 41.6. The van der Waals surface area contributed by atoms with Crippen LogP contribution in [-0.2, 0) is 83.9 Å². The van der Waals surface area contributed by atoms with Gasteiger partial charge < -0.3 is 70.6 Å². The normalized spacial score (nSPS) is 15.9. The predicted molar refractivity (Wildman–Crippen MR) is 508 cm³/mol. The maximum absolute atomic E-state index is 11.8. The number of ether oxygens (including phenoxy) is 8. The number of methoxy groups -OCH3 is 5. The summed E-state index contributed by atoms with van der Waals surface area (Å²) in [6.45, 7) is 9.80. The molecule has 0 saturated carbocycles. The number of nitrogens with two attached hydrogens (primary N) is 3. The molecule has 0 saturated heterocycles. The molecule has 29 nitrogen and oxygen atoms in total. The number of alkyl carbamates (subject to hydrolysis) is 1. The molecule has 13 rings (SSSR count). The molecule has 0 radical (unpaired) electrons. The topological polar surface area (TPSA) is 408 Å². The van der Waals surface area contributed by atoms with Crippen LogP contribution in [0.5, 0.6) is 11.5 Å². The van der Waals surface area contributed by atoms with Gasteiger partial charge in [-0.2, -0.15) is 0 Å². The Hall–Kier alpha value is -7.35. The zero-order valence-electron chi connectivity index (χ0n) is 69.5. The lowest BCUT2D eigenvalue weighted by Gasteiger charge is -2.27. The van der Waals surface area contributed by atoms with Crippen molar-refractivity contribution in [2.24, 2.45) is 49.0 Å². The average Bonchev–Trinajstić information content (AvgIpc) is 0.808. The summed E-state index contributed by atoms with van der Waals surface area (Å²) in [6.07, 6.45) is 15.5. The van der Waals surface area contributed by atoms with Gasteiger partial charge in [-0.15, -0.1) is 0 Å². The molecule has 0 spiro atoms.